The van der Waals surface area contributed by atoms with Gasteiger partial charge in [-0.05, 0) is 55.7 Å². The second-order valence-corrected chi connectivity index (χ2v) is 8.78. The molecule has 174 valence electrons. The van der Waals surface area contributed by atoms with Gasteiger partial charge in [0.25, 0.3) is 0 Å². The maximum Gasteiger partial charge on any atom is 0.236 e. The van der Waals surface area contributed by atoms with Crippen molar-refractivity contribution in [3.05, 3.63) is 64.7 Å². The summed E-state index contributed by atoms with van der Waals surface area (Å²) in [5.74, 6) is 2.01. The molecule has 1 aromatic heterocycles. The Labute approximate surface area is 194 Å². The van der Waals surface area contributed by atoms with Gasteiger partial charge in [0.2, 0.25) is 5.88 Å². The largest absolute Gasteiger partial charge is 0.494 e. The van der Waals surface area contributed by atoms with Crippen molar-refractivity contribution in [1.82, 2.24) is 15.1 Å². The lowest BCUT2D eigenvalue weighted by Crippen LogP contribution is -2.46. The van der Waals surface area contributed by atoms with Crippen molar-refractivity contribution < 1.29 is 19.3 Å². The third-order valence-electron chi connectivity index (χ3n) is 6.56. The fourth-order valence-electron chi connectivity index (χ4n) is 4.57. The molecule has 0 aliphatic carbocycles. The van der Waals surface area contributed by atoms with E-state index in [-0.39, 0.29) is 25.5 Å². The lowest BCUT2D eigenvalue weighted by atomic mass is 9.91. The van der Waals surface area contributed by atoms with Crippen LogP contribution >= 0.6 is 0 Å². The van der Waals surface area contributed by atoms with Crippen LogP contribution in [0, 0.1) is 13.8 Å². The van der Waals surface area contributed by atoms with Crippen molar-refractivity contribution in [2.75, 3.05) is 32.9 Å². The van der Waals surface area contributed by atoms with Gasteiger partial charge in [-0.3, -0.25) is 10.00 Å². The summed E-state index contributed by atoms with van der Waals surface area (Å²) in [7, 11) is 0. The molecule has 2 N–H and O–H groups in total. The molecule has 0 radical (unpaired) electrons. The Bertz CT molecular complexity index is 1110. The molecule has 0 bridgehead atoms. The Morgan fingerprint density at radius 3 is 2.58 bits per heavy atom. The number of likely N-dealkylation sites (tertiary alicyclic amines) is 1. The Balaban J connectivity index is 1.23. The van der Waals surface area contributed by atoms with Crippen LogP contribution in [0.2, 0.25) is 0 Å². The number of aliphatic hydroxyl groups is 1. The molecule has 2 aliphatic rings. The number of aromatic nitrogens is 2. The van der Waals surface area contributed by atoms with E-state index in [2.05, 4.69) is 64.5 Å². The molecule has 2 aromatic carbocycles. The highest BCUT2D eigenvalue weighted by atomic mass is 16.6. The van der Waals surface area contributed by atoms with E-state index in [0.29, 0.717) is 18.4 Å². The molecule has 2 saturated heterocycles. The van der Waals surface area contributed by atoms with E-state index in [1.807, 2.05) is 13.8 Å². The highest BCUT2D eigenvalue weighted by Gasteiger charge is 2.49. The van der Waals surface area contributed by atoms with Gasteiger partial charge in [0.1, 0.15) is 24.7 Å². The molecular formula is C26H31N3O4. The SMILES string of the molecule is CCOc1ccc(C2CN(C3OC3c3ccc(C)c(-c4[nH]nc(OCCO)c4C)c3)C2)cc1. The average molecular weight is 450 g/mol. The Morgan fingerprint density at radius 2 is 1.85 bits per heavy atom. The third kappa shape index (κ3) is 4.36. The van der Waals surface area contributed by atoms with E-state index in [0.717, 1.165) is 41.2 Å². The second-order valence-electron chi connectivity index (χ2n) is 8.78. The van der Waals surface area contributed by atoms with E-state index in [1.165, 1.54) is 11.1 Å². The number of H-pyrrole nitrogens is 1. The van der Waals surface area contributed by atoms with Crippen molar-refractivity contribution in [2.24, 2.45) is 0 Å². The number of hydrogen-bond acceptors (Lipinski definition) is 6. The quantitative estimate of drug-likeness (QED) is 0.481. The number of nitrogens with zero attached hydrogens (tertiary/aromatic N) is 2. The first-order chi connectivity index (χ1) is 16.1. The summed E-state index contributed by atoms with van der Waals surface area (Å²) in [6.07, 6.45) is 0.241. The molecule has 5 rings (SSSR count). The van der Waals surface area contributed by atoms with Gasteiger partial charge in [0.05, 0.1) is 18.9 Å². The third-order valence-corrected chi connectivity index (χ3v) is 6.56. The number of ether oxygens (including phenoxy) is 3. The highest BCUT2D eigenvalue weighted by molar-refractivity contribution is 5.69. The summed E-state index contributed by atoms with van der Waals surface area (Å²) in [6.45, 7) is 8.99. The smallest absolute Gasteiger partial charge is 0.236 e. The molecule has 7 nitrogen and oxygen atoms in total. The van der Waals surface area contributed by atoms with Crippen molar-refractivity contribution >= 4 is 0 Å². The van der Waals surface area contributed by atoms with Crippen LogP contribution in [0.4, 0.5) is 0 Å². The molecule has 0 spiro atoms. The Hall–Kier alpha value is -2.87. The molecule has 2 aliphatic heterocycles. The van der Waals surface area contributed by atoms with Crippen molar-refractivity contribution in [3.8, 4) is 22.9 Å². The zero-order chi connectivity index (χ0) is 22.9. The number of aryl methyl sites for hydroxylation is 1. The molecule has 0 saturated carbocycles. The topological polar surface area (TPSA) is 83.1 Å². The number of benzene rings is 2. The van der Waals surface area contributed by atoms with E-state index in [9.17, 15) is 0 Å². The number of aromatic amines is 1. The zero-order valence-electron chi connectivity index (χ0n) is 19.4. The first-order valence-corrected chi connectivity index (χ1v) is 11.6. The summed E-state index contributed by atoms with van der Waals surface area (Å²) in [6, 6.07) is 15.0. The second kappa shape index (κ2) is 9.17. The van der Waals surface area contributed by atoms with Crippen LogP contribution in [0.25, 0.3) is 11.3 Å². The number of rotatable bonds is 9. The highest BCUT2D eigenvalue weighted by Crippen LogP contribution is 2.46. The van der Waals surface area contributed by atoms with Gasteiger partial charge < -0.3 is 19.3 Å². The van der Waals surface area contributed by atoms with Crippen LogP contribution in [-0.2, 0) is 4.74 Å². The van der Waals surface area contributed by atoms with Crippen LogP contribution in [0.3, 0.4) is 0 Å². The van der Waals surface area contributed by atoms with Crippen LogP contribution in [0.15, 0.2) is 42.5 Å². The summed E-state index contributed by atoms with van der Waals surface area (Å²) < 4.78 is 17.2. The normalized spacial score (nSPS) is 20.5. The minimum absolute atomic E-state index is 0.0352. The van der Waals surface area contributed by atoms with Crippen molar-refractivity contribution in [1.29, 1.82) is 0 Å². The molecular weight excluding hydrogens is 418 g/mol. The van der Waals surface area contributed by atoms with Gasteiger partial charge in [-0.25, -0.2) is 0 Å². The van der Waals surface area contributed by atoms with Gasteiger partial charge in [-0.15, -0.1) is 5.10 Å². The number of hydrogen-bond donors (Lipinski definition) is 2. The van der Waals surface area contributed by atoms with Crippen LogP contribution in [0.5, 0.6) is 11.6 Å². The first kappa shape index (κ1) is 21.9. The van der Waals surface area contributed by atoms with Crippen molar-refractivity contribution in [3.63, 3.8) is 0 Å². The van der Waals surface area contributed by atoms with E-state index >= 15 is 0 Å². The summed E-state index contributed by atoms with van der Waals surface area (Å²) >= 11 is 0. The number of epoxide rings is 1. The minimum Gasteiger partial charge on any atom is -0.494 e. The monoisotopic (exact) mass is 449 g/mol. The first-order valence-electron chi connectivity index (χ1n) is 11.6. The molecule has 2 unspecified atom stereocenters. The lowest BCUT2D eigenvalue weighted by Gasteiger charge is -2.38. The average Bonchev–Trinajstić information content (AvgIpc) is 3.48. The lowest BCUT2D eigenvalue weighted by molar-refractivity contribution is 0.0857. The summed E-state index contributed by atoms with van der Waals surface area (Å²) in [4.78, 5) is 2.41. The standard InChI is InChI=1S/C26H31N3O4/c1-4-31-21-9-7-18(8-10-21)20-14-29(15-20)26-24(33-26)19-6-5-16(2)22(13-19)23-17(3)25(28-27-23)32-12-11-30/h5-10,13,20,24,26,30H,4,11-12,14-15H2,1-3H3,(H,27,28). The molecule has 0 amide bonds. The van der Waals surface area contributed by atoms with Crippen LogP contribution < -0.4 is 9.47 Å². The minimum atomic E-state index is -0.0352. The van der Waals surface area contributed by atoms with E-state index in [1.54, 1.807) is 0 Å². The van der Waals surface area contributed by atoms with Crippen LogP contribution in [-0.4, -0.2) is 59.3 Å². The van der Waals surface area contributed by atoms with Gasteiger partial charge in [-0.1, -0.05) is 24.3 Å². The van der Waals surface area contributed by atoms with E-state index < -0.39 is 0 Å². The van der Waals surface area contributed by atoms with Crippen LogP contribution in [0.1, 0.15) is 41.2 Å². The molecule has 3 aromatic rings. The molecule has 33 heavy (non-hydrogen) atoms. The molecule has 2 atom stereocenters. The van der Waals surface area contributed by atoms with Crippen molar-refractivity contribution in [2.45, 2.75) is 39.0 Å². The maximum atomic E-state index is 9.01. The predicted octanol–water partition coefficient (Wildman–Crippen LogP) is 3.96. The molecule has 7 heteroatoms. The Kier molecular flexibility index (Phi) is 6.10. The summed E-state index contributed by atoms with van der Waals surface area (Å²) in [5.41, 5.74) is 6.68. The fourth-order valence-corrected chi connectivity index (χ4v) is 4.57. The van der Waals surface area contributed by atoms with Gasteiger partial charge in [0.15, 0.2) is 0 Å². The Morgan fingerprint density at radius 1 is 1.09 bits per heavy atom. The fraction of sp³-hybridized carbons (Fsp3) is 0.423. The van der Waals surface area contributed by atoms with Gasteiger partial charge in [0, 0.05) is 30.1 Å². The number of aliphatic hydroxyl groups excluding tert-OH is 1. The maximum absolute atomic E-state index is 9.01. The van der Waals surface area contributed by atoms with Gasteiger partial charge in [-0.2, -0.15) is 0 Å². The predicted molar refractivity (Wildman–Crippen MR) is 126 cm³/mol. The van der Waals surface area contributed by atoms with Gasteiger partial charge >= 0.3 is 0 Å². The summed E-state index contributed by atoms with van der Waals surface area (Å²) in [5, 5.41) is 16.4. The molecule has 2 fully saturated rings. The number of nitrogens with one attached hydrogen (secondary N) is 1. The molecule has 3 heterocycles. The van der Waals surface area contributed by atoms with E-state index in [4.69, 9.17) is 19.3 Å². The zero-order valence-corrected chi connectivity index (χ0v) is 19.4.